The highest BCUT2D eigenvalue weighted by molar-refractivity contribution is 7.21. The Morgan fingerprint density at radius 3 is 1.96 bits per heavy atom. The summed E-state index contributed by atoms with van der Waals surface area (Å²) in [6.07, 6.45) is 9.63. The first-order valence-corrected chi connectivity index (χ1v) is 32.4. The summed E-state index contributed by atoms with van der Waals surface area (Å²) in [6.45, 7) is 0. The van der Waals surface area contributed by atoms with Crippen LogP contribution in [0.25, 0.3) is 136 Å². The van der Waals surface area contributed by atoms with Gasteiger partial charge in [-0.15, -0.1) is 34.0 Å². The number of H-pyrrole nitrogens is 1. The fourth-order valence-corrected chi connectivity index (χ4v) is 18.0. The Morgan fingerprint density at radius 1 is 0.457 bits per heavy atom. The molecule has 0 saturated heterocycles. The number of anilines is 2. The Kier molecular flexibility index (Phi) is 10.8. The summed E-state index contributed by atoms with van der Waals surface area (Å²) in [4.78, 5) is 57.5. The normalized spacial score (nSPS) is 15.9. The maximum Gasteiger partial charge on any atom is 0.230 e. The maximum atomic E-state index is 7.63. The number of rotatable bonds is 9. The molecule has 1 aliphatic rings. The van der Waals surface area contributed by atoms with Gasteiger partial charge in [-0.25, -0.2) is 39.9 Å². The van der Waals surface area contributed by atoms with Crippen molar-refractivity contribution in [2.75, 3.05) is 4.90 Å². The third kappa shape index (κ3) is 7.25. The number of furan rings is 1. The minimum absolute atomic E-state index is 0.310. The number of thiophene rings is 1. The Morgan fingerprint density at radius 2 is 1.15 bits per heavy atom. The van der Waals surface area contributed by atoms with E-state index in [9.17, 15) is 0 Å². The largest absolute Gasteiger partial charge is 0.456 e. The average Bonchev–Trinajstić information content (AvgIpc) is 1.45. The predicted octanol–water partition coefficient (Wildman–Crippen LogP) is 18.5. The lowest BCUT2D eigenvalue weighted by atomic mass is 9.62. The van der Waals surface area contributed by atoms with E-state index >= 15 is 0 Å². The Bertz CT molecular complexity index is 5970. The van der Waals surface area contributed by atoms with Gasteiger partial charge in [-0.05, 0) is 121 Å². The highest BCUT2D eigenvalue weighted by Gasteiger charge is 2.72. The van der Waals surface area contributed by atoms with Crippen molar-refractivity contribution < 1.29 is 8.83 Å². The second-order valence-corrected chi connectivity index (χ2v) is 26.1. The summed E-state index contributed by atoms with van der Waals surface area (Å²) in [5, 5.41) is 4.33. The fraction of sp³-hybridized carbons (Fsp3) is 0.0267. The zero-order valence-electron chi connectivity index (χ0n) is 48.1. The molecule has 8 aromatic carbocycles. The Hall–Kier alpha value is -11.6. The third-order valence-electron chi connectivity index (χ3n) is 18.0. The first kappa shape index (κ1) is 51.3. The van der Waals surface area contributed by atoms with Crippen LogP contribution in [0.15, 0.2) is 258 Å². The number of para-hydroxylation sites is 9. The van der Waals surface area contributed by atoms with Crippen molar-refractivity contribution in [3.05, 3.63) is 276 Å². The molecule has 2 unspecified atom stereocenters. The summed E-state index contributed by atoms with van der Waals surface area (Å²) in [7, 11) is 0. The number of aromatic nitrogens is 11. The van der Waals surface area contributed by atoms with Gasteiger partial charge in [0.1, 0.15) is 37.8 Å². The van der Waals surface area contributed by atoms with Crippen molar-refractivity contribution >= 4 is 137 Å². The second-order valence-electron chi connectivity index (χ2n) is 23.0. The van der Waals surface area contributed by atoms with E-state index in [2.05, 4.69) is 148 Å². The number of benzene rings is 8. The summed E-state index contributed by atoms with van der Waals surface area (Å²) in [6, 6.07) is 74.8. The van der Waals surface area contributed by atoms with Gasteiger partial charge in [0.15, 0.2) is 11.2 Å². The number of aromatic amines is 1. The number of hydrogen-bond acceptors (Lipinski definition) is 15. The van der Waals surface area contributed by atoms with Gasteiger partial charge in [0.2, 0.25) is 11.8 Å². The molecule has 0 radical (unpaired) electrons. The molecule has 17 heteroatoms. The number of nitrogens with zero attached hydrogens (tertiary/aromatic N) is 11. The van der Waals surface area contributed by atoms with Crippen LogP contribution in [0, 0.1) is 0 Å². The molecule has 12 heterocycles. The van der Waals surface area contributed by atoms with Crippen LogP contribution in [0.5, 0.6) is 0 Å². The van der Waals surface area contributed by atoms with Crippen LogP contribution in [0.4, 0.5) is 11.6 Å². The van der Waals surface area contributed by atoms with Gasteiger partial charge in [0.25, 0.3) is 0 Å². The van der Waals surface area contributed by atoms with Gasteiger partial charge >= 0.3 is 0 Å². The van der Waals surface area contributed by atoms with Crippen molar-refractivity contribution in [1.29, 1.82) is 0 Å². The van der Waals surface area contributed by atoms with Gasteiger partial charge in [-0.2, -0.15) is 0 Å². The molecular formula is C75H42N12O2S3. The lowest BCUT2D eigenvalue weighted by Crippen LogP contribution is -2.56. The monoisotopic (exact) mass is 1240 g/mol. The van der Waals surface area contributed by atoms with Gasteiger partial charge in [0.05, 0.1) is 89.4 Å². The Labute approximate surface area is 533 Å². The van der Waals surface area contributed by atoms with Crippen molar-refractivity contribution in [3.63, 3.8) is 0 Å². The molecule has 0 bridgehead atoms. The van der Waals surface area contributed by atoms with E-state index in [4.69, 9.17) is 53.7 Å². The number of fused-ring (bicyclic) bond motifs is 10. The Balaban J connectivity index is 1.14. The number of imidazole rings is 2. The standard InChI is InChI=1S/C75H42N12O2S3/c1-10-26-56-43(16-1)36-58(88-56)65-63(54-34-31-42-18-15-35-77-69(42)80-54)64(55-39-78-47-19-3-4-20-48(47)79-55)66(70-81-51-23-7-11-27-57(51)89-70)68-67(65)74(62-37-44-17-2-12-28-59(44)90-62,71-82-52-24-8-13-29-60(52)91-71)75(45-32-33-46-38-76-41-86(46)40-45,72-83-53-25-9-14-30-61(53)92-72)87(68)73-84-49-21-5-6-22-50(49)85-73/h1-41H,(H,84,85). The van der Waals surface area contributed by atoms with Crippen molar-refractivity contribution in [2.45, 2.75) is 11.0 Å². The first-order valence-electron chi connectivity index (χ1n) is 30.0. The molecular weight excluding hydrogens is 1200 g/mol. The van der Waals surface area contributed by atoms with Crippen LogP contribution in [-0.4, -0.2) is 54.2 Å². The molecule has 0 saturated carbocycles. The van der Waals surface area contributed by atoms with Crippen molar-refractivity contribution in [3.8, 4) is 45.3 Å². The lowest BCUT2D eigenvalue weighted by molar-refractivity contribution is 0.393. The van der Waals surface area contributed by atoms with E-state index in [1.165, 1.54) is 0 Å². The second kappa shape index (κ2) is 19.4. The zero-order valence-corrected chi connectivity index (χ0v) is 50.6. The summed E-state index contributed by atoms with van der Waals surface area (Å²) in [5.41, 5.74) is 10.8. The quantitative estimate of drug-likeness (QED) is 0.146. The highest BCUT2D eigenvalue weighted by atomic mass is 32.1. The third-order valence-corrected chi connectivity index (χ3v) is 21.5. The molecule has 432 valence electrons. The van der Waals surface area contributed by atoms with E-state index in [1.807, 2.05) is 110 Å². The van der Waals surface area contributed by atoms with E-state index in [0.29, 0.717) is 84.8 Å². The van der Waals surface area contributed by atoms with Gasteiger partial charge in [0, 0.05) is 60.6 Å². The molecule has 19 aromatic rings. The molecule has 20 rings (SSSR count). The van der Waals surface area contributed by atoms with Gasteiger partial charge in [-0.1, -0.05) is 103 Å². The number of nitrogens with one attached hydrogen (secondary N) is 1. The van der Waals surface area contributed by atoms with Crippen LogP contribution in [0.1, 0.15) is 26.0 Å². The summed E-state index contributed by atoms with van der Waals surface area (Å²) < 4.78 is 20.3. The lowest BCUT2D eigenvalue weighted by Gasteiger charge is -2.48. The van der Waals surface area contributed by atoms with Crippen LogP contribution in [0.2, 0.25) is 0 Å². The fourth-order valence-electron chi connectivity index (χ4n) is 14.1. The SMILES string of the molecule is c1cnc2nc(-c3c(-c4cnc5ccccc5n4)c(-c4nc5ccccc5o4)c4c(c3-c3cc5ccccc5o3)C(c3cc5ccccc5s3)(c3nc5ccccc5s3)C(c3ccc5cncn5c3)(c3nc5ccccc5s3)N4c3nc4ccccc4[nH]3)ccc2c1. The molecule has 92 heavy (non-hydrogen) atoms. The molecule has 1 aliphatic heterocycles. The zero-order chi connectivity index (χ0) is 60.2. The molecule has 11 aromatic heterocycles. The maximum absolute atomic E-state index is 7.63. The minimum Gasteiger partial charge on any atom is -0.456 e. The first-order chi connectivity index (χ1) is 45.5. The minimum atomic E-state index is -1.59. The molecule has 0 spiro atoms. The number of thiazole rings is 2. The molecule has 0 aliphatic carbocycles. The molecule has 1 N–H and O–H groups in total. The van der Waals surface area contributed by atoms with Crippen LogP contribution < -0.4 is 4.90 Å². The van der Waals surface area contributed by atoms with Crippen molar-refractivity contribution in [2.24, 2.45) is 0 Å². The molecule has 0 fully saturated rings. The number of oxazole rings is 1. The number of pyridine rings is 3. The van der Waals surface area contributed by atoms with Crippen LogP contribution in [0.3, 0.4) is 0 Å². The van der Waals surface area contributed by atoms with E-state index in [-0.39, 0.29) is 0 Å². The van der Waals surface area contributed by atoms with E-state index in [0.717, 1.165) is 89.4 Å². The van der Waals surface area contributed by atoms with Gasteiger partial charge in [-0.3, -0.25) is 9.88 Å². The molecule has 0 amide bonds. The van der Waals surface area contributed by atoms with Gasteiger partial charge < -0.3 is 18.2 Å². The highest BCUT2D eigenvalue weighted by Crippen LogP contribution is 2.74. The van der Waals surface area contributed by atoms with Crippen LogP contribution in [-0.2, 0) is 11.0 Å². The molecule has 2 atom stereocenters. The van der Waals surface area contributed by atoms with E-state index < -0.39 is 11.0 Å². The average molecular weight is 1240 g/mol. The summed E-state index contributed by atoms with van der Waals surface area (Å²) in [5.74, 6) is 1.37. The van der Waals surface area contributed by atoms with E-state index in [1.54, 1.807) is 40.2 Å². The molecule has 14 nitrogen and oxygen atoms in total. The summed E-state index contributed by atoms with van der Waals surface area (Å²) >= 11 is 5.05. The smallest absolute Gasteiger partial charge is 0.230 e. The topological polar surface area (TPSA) is 166 Å². The number of hydrogen-bond donors (Lipinski definition) is 1. The predicted molar refractivity (Wildman–Crippen MR) is 367 cm³/mol. The van der Waals surface area contributed by atoms with Crippen molar-refractivity contribution in [1.82, 2.24) is 54.2 Å². The van der Waals surface area contributed by atoms with Crippen LogP contribution >= 0.6 is 34.0 Å².